The fraction of sp³-hybridized carbons (Fsp3) is 1.00. The average molecular weight is 154 g/mol. The molecule has 0 heterocycles. The Morgan fingerprint density at radius 2 is 2.00 bits per heavy atom. The summed E-state index contributed by atoms with van der Waals surface area (Å²) in [4.78, 5) is 0. The van der Waals surface area contributed by atoms with Crippen molar-refractivity contribution in [3.8, 4) is 0 Å². The van der Waals surface area contributed by atoms with Crippen molar-refractivity contribution in [2.45, 2.75) is 45.6 Å². The largest absolute Gasteiger partial charge is 0.390 e. The molecule has 0 aromatic rings. The van der Waals surface area contributed by atoms with Gasteiger partial charge in [-0.2, -0.15) is 0 Å². The van der Waals surface area contributed by atoms with Crippen LogP contribution in [0.2, 0.25) is 0 Å². The third-order valence-corrected chi connectivity index (χ3v) is 4.12. The van der Waals surface area contributed by atoms with Crippen LogP contribution in [0.3, 0.4) is 0 Å². The smallest absolute Gasteiger partial charge is 0.0653 e. The molecule has 0 unspecified atom stereocenters. The van der Waals surface area contributed by atoms with E-state index in [1.807, 2.05) is 6.92 Å². The van der Waals surface area contributed by atoms with Crippen molar-refractivity contribution < 1.29 is 5.11 Å². The normalized spacial score (nSPS) is 54.8. The highest BCUT2D eigenvalue weighted by Gasteiger charge is 2.67. The first-order valence-electron chi connectivity index (χ1n) is 4.71. The zero-order chi connectivity index (χ0) is 8.28. The van der Waals surface area contributed by atoms with Crippen molar-refractivity contribution in [2.75, 3.05) is 0 Å². The number of aliphatic hydroxyl groups is 1. The van der Waals surface area contributed by atoms with Gasteiger partial charge in [0, 0.05) is 0 Å². The van der Waals surface area contributed by atoms with Crippen LogP contribution in [-0.4, -0.2) is 10.7 Å². The standard InChI is InChI=1S/C10H18O/c1-7(2)10-5-4-9(3,11)8(10)6-10/h7-8,11H,4-6H2,1-3H3/t8-,9-,10+/m0/s1. The molecule has 2 aliphatic carbocycles. The SMILES string of the molecule is CC(C)[C@]12CC[C@](C)(O)[C@@H]1C2. The first kappa shape index (κ1) is 7.60. The summed E-state index contributed by atoms with van der Waals surface area (Å²) in [5.74, 6) is 1.39. The van der Waals surface area contributed by atoms with E-state index in [1.165, 1.54) is 12.8 Å². The fourth-order valence-electron chi connectivity index (χ4n) is 3.02. The van der Waals surface area contributed by atoms with Crippen molar-refractivity contribution in [1.29, 1.82) is 0 Å². The van der Waals surface area contributed by atoms with Crippen LogP contribution in [0, 0.1) is 17.3 Å². The van der Waals surface area contributed by atoms with Gasteiger partial charge >= 0.3 is 0 Å². The molecule has 2 rings (SSSR count). The molecule has 3 atom stereocenters. The Hall–Kier alpha value is -0.0400. The van der Waals surface area contributed by atoms with Gasteiger partial charge in [-0.1, -0.05) is 13.8 Å². The summed E-state index contributed by atoms with van der Waals surface area (Å²) in [7, 11) is 0. The molecular formula is C10H18O. The molecule has 0 aromatic heterocycles. The van der Waals surface area contributed by atoms with Crippen molar-refractivity contribution in [3.05, 3.63) is 0 Å². The van der Waals surface area contributed by atoms with E-state index in [-0.39, 0.29) is 5.60 Å². The molecule has 0 radical (unpaired) electrons. The highest BCUT2D eigenvalue weighted by molar-refractivity contribution is 5.16. The molecule has 2 fully saturated rings. The van der Waals surface area contributed by atoms with E-state index in [1.54, 1.807) is 0 Å². The molecule has 0 bridgehead atoms. The van der Waals surface area contributed by atoms with Crippen LogP contribution in [-0.2, 0) is 0 Å². The van der Waals surface area contributed by atoms with Crippen LogP contribution in [0.4, 0.5) is 0 Å². The summed E-state index contributed by atoms with van der Waals surface area (Å²) in [6.07, 6.45) is 3.55. The lowest BCUT2D eigenvalue weighted by Gasteiger charge is -2.17. The number of rotatable bonds is 1. The molecule has 0 spiro atoms. The van der Waals surface area contributed by atoms with Crippen molar-refractivity contribution >= 4 is 0 Å². The first-order valence-corrected chi connectivity index (χ1v) is 4.71. The zero-order valence-corrected chi connectivity index (χ0v) is 7.72. The Balaban J connectivity index is 2.17. The first-order chi connectivity index (χ1) is 4.99. The van der Waals surface area contributed by atoms with E-state index in [0.717, 1.165) is 12.3 Å². The van der Waals surface area contributed by atoms with Crippen LogP contribution in [0.15, 0.2) is 0 Å². The minimum Gasteiger partial charge on any atom is -0.390 e. The number of fused-ring (bicyclic) bond motifs is 1. The highest BCUT2D eigenvalue weighted by atomic mass is 16.3. The second-order valence-electron chi connectivity index (χ2n) is 5.00. The third-order valence-electron chi connectivity index (χ3n) is 4.12. The molecule has 0 aromatic carbocycles. The predicted octanol–water partition coefficient (Wildman–Crippen LogP) is 2.19. The molecule has 64 valence electrons. The van der Waals surface area contributed by atoms with Gasteiger partial charge < -0.3 is 5.11 Å². The van der Waals surface area contributed by atoms with Gasteiger partial charge in [0.2, 0.25) is 0 Å². The van der Waals surface area contributed by atoms with E-state index in [4.69, 9.17) is 0 Å². The van der Waals surface area contributed by atoms with Gasteiger partial charge in [-0.25, -0.2) is 0 Å². The van der Waals surface area contributed by atoms with Crippen LogP contribution >= 0.6 is 0 Å². The summed E-state index contributed by atoms with van der Waals surface area (Å²) < 4.78 is 0. The van der Waals surface area contributed by atoms with Crippen LogP contribution in [0.5, 0.6) is 0 Å². The summed E-state index contributed by atoms with van der Waals surface area (Å²) >= 11 is 0. The molecule has 1 N–H and O–H groups in total. The van der Waals surface area contributed by atoms with E-state index < -0.39 is 0 Å². The Bertz CT molecular complexity index is 183. The molecule has 0 aliphatic heterocycles. The van der Waals surface area contributed by atoms with E-state index in [0.29, 0.717) is 11.3 Å². The summed E-state index contributed by atoms with van der Waals surface area (Å²) in [6.45, 7) is 6.59. The Kier molecular flexibility index (Phi) is 1.26. The molecule has 0 saturated heterocycles. The summed E-state index contributed by atoms with van der Waals surface area (Å²) in [6, 6.07) is 0. The predicted molar refractivity (Wildman–Crippen MR) is 45.2 cm³/mol. The van der Waals surface area contributed by atoms with E-state index in [9.17, 15) is 5.11 Å². The second kappa shape index (κ2) is 1.82. The summed E-state index contributed by atoms with van der Waals surface area (Å²) in [5.41, 5.74) is 0.216. The van der Waals surface area contributed by atoms with Gasteiger partial charge in [0.05, 0.1) is 5.60 Å². The maximum absolute atomic E-state index is 9.92. The van der Waals surface area contributed by atoms with Gasteiger partial charge in [0.15, 0.2) is 0 Å². The third kappa shape index (κ3) is 0.807. The second-order valence-corrected chi connectivity index (χ2v) is 5.00. The highest BCUT2D eigenvalue weighted by Crippen LogP contribution is 2.70. The molecule has 2 saturated carbocycles. The van der Waals surface area contributed by atoms with Gasteiger partial charge in [-0.05, 0) is 43.4 Å². The lowest BCUT2D eigenvalue weighted by Crippen LogP contribution is -2.23. The molecule has 1 heteroatoms. The number of hydrogen-bond donors (Lipinski definition) is 1. The van der Waals surface area contributed by atoms with Gasteiger partial charge in [0.25, 0.3) is 0 Å². The lowest BCUT2D eigenvalue weighted by atomic mass is 9.90. The maximum Gasteiger partial charge on any atom is 0.0653 e. The van der Waals surface area contributed by atoms with Gasteiger partial charge in [-0.3, -0.25) is 0 Å². The topological polar surface area (TPSA) is 20.2 Å². The van der Waals surface area contributed by atoms with Gasteiger partial charge in [0.1, 0.15) is 0 Å². The fourth-order valence-corrected chi connectivity index (χ4v) is 3.02. The van der Waals surface area contributed by atoms with Crippen LogP contribution in [0.25, 0.3) is 0 Å². The van der Waals surface area contributed by atoms with Crippen LogP contribution < -0.4 is 0 Å². The Morgan fingerprint density at radius 1 is 1.36 bits per heavy atom. The molecule has 2 aliphatic rings. The summed E-state index contributed by atoms with van der Waals surface area (Å²) in [5, 5.41) is 9.92. The quantitative estimate of drug-likeness (QED) is 0.614. The van der Waals surface area contributed by atoms with Gasteiger partial charge in [-0.15, -0.1) is 0 Å². The molecule has 0 amide bonds. The molecular weight excluding hydrogens is 136 g/mol. The minimum atomic E-state index is -0.329. The average Bonchev–Trinajstić information content (AvgIpc) is 2.54. The molecule has 11 heavy (non-hydrogen) atoms. The van der Waals surface area contributed by atoms with E-state index in [2.05, 4.69) is 13.8 Å². The minimum absolute atomic E-state index is 0.329. The van der Waals surface area contributed by atoms with Crippen molar-refractivity contribution in [1.82, 2.24) is 0 Å². The monoisotopic (exact) mass is 154 g/mol. The zero-order valence-electron chi connectivity index (χ0n) is 7.72. The molecule has 1 nitrogen and oxygen atoms in total. The number of hydrogen-bond acceptors (Lipinski definition) is 1. The van der Waals surface area contributed by atoms with Crippen molar-refractivity contribution in [3.63, 3.8) is 0 Å². The van der Waals surface area contributed by atoms with E-state index >= 15 is 0 Å². The maximum atomic E-state index is 9.92. The van der Waals surface area contributed by atoms with Crippen LogP contribution in [0.1, 0.15) is 40.0 Å². The Labute approximate surface area is 68.8 Å². The Morgan fingerprint density at radius 3 is 2.18 bits per heavy atom. The van der Waals surface area contributed by atoms with Crippen molar-refractivity contribution in [2.24, 2.45) is 17.3 Å². The lowest BCUT2D eigenvalue weighted by molar-refractivity contribution is 0.0426.